The number of hydrogen-bond donors (Lipinski definition) is 0. The number of ketones is 2. The quantitative estimate of drug-likeness (QED) is 0.336. The Balaban J connectivity index is -0.0000000432. The maximum absolute atomic E-state index is 11.3. The highest BCUT2D eigenvalue weighted by molar-refractivity contribution is 6.33. The topological polar surface area (TPSA) is 34.1 Å². The van der Waals surface area contributed by atoms with Crippen LogP contribution < -0.4 is 0 Å². The molecule has 0 aromatic rings. The molecule has 0 aliphatic rings. The molecule has 25 heavy (non-hydrogen) atoms. The summed E-state index contributed by atoms with van der Waals surface area (Å²) in [4.78, 5) is 19.0. The summed E-state index contributed by atoms with van der Waals surface area (Å²) in [6, 6.07) is 0. The lowest BCUT2D eigenvalue weighted by Gasteiger charge is -2.08. The van der Waals surface area contributed by atoms with Crippen LogP contribution >= 0.6 is 23.2 Å². The standard InChI is InChI=1S/2C3ClF5O.5CH4/c2*4-2(5,6)1(10)3(7,8)9;;;;;/h;;5*1H4. The fourth-order valence-electron chi connectivity index (χ4n) is 0.321. The van der Waals surface area contributed by atoms with Gasteiger partial charge in [0.2, 0.25) is 0 Å². The summed E-state index contributed by atoms with van der Waals surface area (Å²) in [5, 5.41) is -9.70. The molecule has 0 fully saturated rings. The summed E-state index contributed by atoms with van der Waals surface area (Å²) in [6.07, 6.45) is -11.2. The molecule has 0 unspecified atom stereocenters. The second kappa shape index (κ2) is 13.4. The Hall–Kier alpha value is -0.780. The third kappa shape index (κ3) is 19.4. The van der Waals surface area contributed by atoms with Crippen LogP contribution in [0.1, 0.15) is 37.1 Å². The average Bonchev–Trinajstić information content (AvgIpc) is 2.10. The minimum absolute atomic E-state index is 0. The second-order valence-corrected chi connectivity index (χ2v) is 3.60. The van der Waals surface area contributed by atoms with Crippen LogP contribution in [0.4, 0.5) is 43.9 Å². The van der Waals surface area contributed by atoms with Gasteiger partial charge in [0.1, 0.15) is 0 Å². The van der Waals surface area contributed by atoms with Gasteiger partial charge in [0, 0.05) is 0 Å². The van der Waals surface area contributed by atoms with E-state index in [0.29, 0.717) is 0 Å². The Morgan fingerprint density at radius 1 is 0.480 bits per heavy atom. The van der Waals surface area contributed by atoms with E-state index < -0.39 is 34.7 Å². The molecular formula is C11H20Cl2F10O2. The highest BCUT2D eigenvalue weighted by Gasteiger charge is 2.54. The summed E-state index contributed by atoms with van der Waals surface area (Å²) < 4.78 is 111. The van der Waals surface area contributed by atoms with Crippen LogP contribution in [-0.4, -0.2) is 34.7 Å². The Bertz CT molecular complexity index is 299. The fraction of sp³-hybridized carbons (Fsp3) is 0.818. The Morgan fingerprint density at radius 3 is 0.600 bits per heavy atom. The van der Waals surface area contributed by atoms with E-state index in [-0.39, 0.29) is 37.1 Å². The first-order chi connectivity index (χ1) is 8.31. The van der Waals surface area contributed by atoms with Crippen LogP contribution in [0.15, 0.2) is 0 Å². The summed E-state index contributed by atoms with van der Waals surface area (Å²) in [5.41, 5.74) is 0. The zero-order valence-electron chi connectivity index (χ0n) is 8.35. The van der Waals surface area contributed by atoms with Crippen LogP contribution in [0, 0.1) is 0 Å². The van der Waals surface area contributed by atoms with Crippen LogP contribution in [0.3, 0.4) is 0 Å². The summed E-state index contributed by atoms with van der Waals surface area (Å²) >= 11 is 7.53. The second-order valence-electron chi connectivity index (χ2n) is 2.65. The third-order valence-corrected chi connectivity index (χ3v) is 1.37. The van der Waals surface area contributed by atoms with Gasteiger partial charge < -0.3 is 0 Å². The molecule has 0 spiro atoms. The van der Waals surface area contributed by atoms with E-state index in [4.69, 9.17) is 0 Å². The maximum atomic E-state index is 11.3. The molecule has 0 N–H and O–H groups in total. The van der Waals surface area contributed by atoms with Crippen molar-refractivity contribution >= 4 is 34.8 Å². The zero-order chi connectivity index (χ0) is 17.2. The van der Waals surface area contributed by atoms with Crippen molar-refractivity contribution < 1.29 is 53.5 Å². The number of carbonyl (C=O) groups is 2. The predicted octanol–water partition coefficient (Wildman–Crippen LogP) is 7.08. The average molecular weight is 445 g/mol. The highest BCUT2D eigenvalue weighted by atomic mass is 35.5. The Labute approximate surface area is 149 Å². The van der Waals surface area contributed by atoms with Gasteiger partial charge in [-0.2, -0.15) is 43.9 Å². The van der Waals surface area contributed by atoms with Crippen molar-refractivity contribution in [2.45, 2.75) is 60.2 Å². The summed E-state index contributed by atoms with van der Waals surface area (Å²) in [6.45, 7) is 0. The molecule has 0 aliphatic heterocycles. The lowest BCUT2D eigenvalue weighted by molar-refractivity contribution is -0.186. The van der Waals surface area contributed by atoms with Crippen molar-refractivity contribution in [3.8, 4) is 0 Å². The van der Waals surface area contributed by atoms with Crippen molar-refractivity contribution in [1.29, 1.82) is 0 Å². The molecule has 0 saturated carbocycles. The highest BCUT2D eigenvalue weighted by Crippen LogP contribution is 2.31. The number of rotatable bonds is 2. The molecule has 0 aromatic heterocycles. The lowest BCUT2D eigenvalue weighted by Crippen LogP contribution is -2.35. The first-order valence-corrected chi connectivity index (χ1v) is 4.43. The van der Waals surface area contributed by atoms with Crippen molar-refractivity contribution in [3.63, 3.8) is 0 Å². The van der Waals surface area contributed by atoms with Crippen LogP contribution in [0.5, 0.6) is 0 Å². The first-order valence-electron chi connectivity index (χ1n) is 3.68. The summed E-state index contributed by atoms with van der Waals surface area (Å²) in [7, 11) is 0. The maximum Gasteiger partial charge on any atom is 0.457 e. The molecule has 2 nitrogen and oxygen atoms in total. The molecule has 0 saturated heterocycles. The number of alkyl halides is 12. The van der Waals surface area contributed by atoms with Crippen molar-refractivity contribution in [2.24, 2.45) is 0 Å². The van der Waals surface area contributed by atoms with Gasteiger partial charge in [0.05, 0.1) is 0 Å². The largest absolute Gasteiger partial charge is 0.457 e. The van der Waals surface area contributed by atoms with Crippen molar-refractivity contribution in [3.05, 3.63) is 0 Å². The molecule has 14 heteroatoms. The third-order valence-electron chi connectivity index (χ3n) is 1.03. The van der Waals surface area contributed by atoms with Gasteiger partial charge in [-0.1, -0.05) is 37.1 Å². The van der Waals surface area contributed by atoms with Crippen LogP contribution in [0.25, 0.3) is 0 Å². The molecule has 160 valence electrons. The van der Waals surface area contributed by atoms with Crippen LogP contribution in [-0.2, 0) is 9.59 Å². The predicted molar refractivity (Wildman–Crippen MR) is 77.4 cm³/mol. The number of hydrogen-bond acceptors (Lipinski definition) is 2. The van der Waals surface area contributed by atoms with Crippen LogP contribution in [0.2, 0.25) is 0 Å². The molecule has 0 radical (unpaired) electrons. The van der Waals surface area contributed by atoms with E-state index in [0.717, 1.165) is 0 Å². The first kappa shape index (κ1) is 44.0. The van der Waals surface area contributed by atoms with E-state index in [9.17, 15) is 53.5 Å². The van der Waals surface area contributed by atoms with E-state index in [1.54, 1.807) is 0 Å². The van der Waals surface area contributed by atoms with E-state index in [1.807, 2.05) is 0 Å². The van der Waals surface area contributed by atoms with Crippen molar-refractivity contribution in [2.75, 3.05) is 0 Å². The van der Waals surface area contributed by atoms with Gasteiger partial charge >= 0.3 is 34.7 Å². The molecule has 0 amide bonds. The fourth-order valence-corrected chi connectivity index (χ4v) is 0.536. The minimum Gasteiger partial charge on any atom is -0.281 e. The van der Waals surface area contributed by atoms with E-state index >= 15 is 0 Å². The SMILES string of the molecule is C.C.C.C.C.O=C(C(F)(F)F)C(F)(F)Cl.O=C(C(F)(F)F)C(F)(F)Cl. The smallest absolute Gasteiger partial charge is 0.281 e. The van der Waals surface area contributed by atoms with Gasteiger partial charge in [-0.05, 0) is 23.2 Å². The molecule has 0 bridgehead atoms. The van der Waals surface area contributed by atoms with Crippen molar-refractivity contribution in [1.82, 2.24) is 0 Å². The lowest BCUT2D eigenvalue weighted by atomic mass is 10.4. The van der Waals surface area contributed by atoms with Gasteiger partial charge in [0.15, 0.2) is 0 Å². The minimum atomic E-state index is -5.58. The van der Waals surface area contributed by atoms with E-state index in [1.165, 1.54) is 0 Å². The molecule has 0 aliphatic carbocycles. The number of Topliss-reactive ketones (excluding diaryl/α,β-unsaturated/α-hetero) is 2. The summed E-state index contributed by atoms with van der Waals surface area (Å²) in [5.74, 6) is -6.50. The number of carbonyl (C=O) groups excluding carboxylic acids is 2. The van der Waals surface area contributed by atoms with Gasteiger partial charge in [0.25, 0.3) is 0 Å². The molecule has 0 atom stereocenters. The normalized spacial score (nSPS) is 10.7. The zero-order valence-corrected chi connectivity index (χ0v) is 9.86. The molecule has 0 rings (SSSR count). The molecule has 0 aromatic carbocycles. The Morgan fingerprint density at radius 2 is 0.600 bits per heavy atom. The van der Waals surface area contributed by atoms with Gasteiger partial charge in [-0.25, -0.2) is 0 Å². The van der Waals surface area contributed by atoms with Gasteiger partial charge in [-0.15, -0.1) is 0 Å². The number of halogens is 12. The molecule has 0 heterocycles. The van der Waals surface area contributed by atoms with E-state index in [2.05, 4.69) is 23.2 Å². The molecular weight excluding hydrogens is 425 g/mol. The van der Waals surface area contributed by atoms with Gasteiger partial charge in [-0.3, -0.25) is 9.59 Å². The monoisotopic (exact) mass is 444 g/mol. The Kier molecular flexibility index (Phi) is 23.7.